The molecule has 0 amide bonds. The van der Waals surface area contributed by atoms with Crippen LogP contribution in [0, 0.1) is 0 Å². The van der Waals surface area contributed by atoms with E-state index in [4.69, 9.17) is 14.2 Å². The molecule has 418 valence electrons. The lowest BCUT2D eigenvalue weighted by Crippen LogP contribution is -2.30. The molecule has 1 unspecified atom stereocenters. The molecule has 0 saturated carbocycles. The van der Waals surface area contributed by atoms with Crippen molar-refractivity contribution in [3.63, 3.8) is 0 Å². The molecule has 73 heavy (non-hydrogen) atoms. The fourth-order valence-electron chi connectivity index (χ4n) is 8.46. The molecule has 1 atom stereocenters. The average Bonchev–Trinajstić information content (AvgIpc) is 3.39. The van der Waals surface area contributed by atoms with E-state index in [-0.39, 0.29) is 37.5 Å². The first-order valence-corrected chi connectivity index (χ1v) is 30.7. The summed E-state index contributed by atoms with van der Waals surface area (Å²) in [5, 5.41) is 0. The van der Waals surface area contributed by atoms with Gasteiger partial charge >= 0.3 is 17.9 Å². The average molecular weight is 1020 g/mol. The van der Waals surface area contributed by atoms with Crippen molar-refractivity contribution in [2.45, 2.75) is 297 Å². The molecule has 0 saturated heterocycles. The van der Waals surface area contributed by atoms with Gasteiger partial charge in [-0.25, -0.2) is 0 Å². The van der Waals surface area contributed by atoms with E-state index in [9.17, 15) is 14.4 Å². The maximum absolute atomic E-state index is 12.9. The lowest BCUT2D eigenvalue weighted by Gasteiger charge is -2.18. The zero-order chi connectivity index (χ0) is 52.9. The first-order chi connectivity index (χ1) is 36.0. The minimum Gasteiger partial charge on any atom is -0.462 e. The third-order valence-electron chi connectivity index (χ3n) is 13.1. The van der Waals surface area contributed by atoms with Gasteiger partial charge in [0.25, 0.3) is 0 Å². The van der Waals surface area contributed by atoms with Gasteiger partial charge in [-0.3, -0.25) is 14.4 Å². The molecule has 0 rings (SSSR count). The Balaban J connectivity index is 4.35. The van der Waals surface area contributed by atoms with E-state index in [0.29, 0.717) is 19.3 Å². The van der Waals surface area contributed by atoms with Gasteiger partial charge in [-0.15, -0.1) is 0 Å². The molecule has 0 aliphatic heterocycles. The summed E-state index contributed by atoms with van der Waals surface area (Å²) >= 11 is 0. The van der Waals surface area contributed by atoms with Crippen molar-refractivity contribution in [1.82, 2.24) is 0 Å². The van der Waals surface area contributed by atoms with Crippen molar-refractivity contribution in [3.05, 3.63) is 97.2 Å². The molecule has 0 aliphatic carbocycles. The molecule has 0 aromatic heterocycles. The van der Waals surface area contributed by atoms with Crippen molar-refractivity contribution in [2.24, 2.45) is 0 Å². The fraction of sp³-hybridized carbons (Fsp3) is 0.716. The normalized spacial score (nSPS) is 12.8. The Hall–Kier alpha value is -3.67. The molecule has 0 heterocycles. The van der Waals surface area contributed by atoms with E-state index >= 15 is 0 Å². The van der Waals surface area contributed by atoms with E-state index in [1.807, 2.05) is 6.08 Å². The summed E-state index contributed by atoms with van der Waals surface area (Å²) in [4.78, 5) is 38.2. The summed E-state index contributed by atoms with van der Waals surface area (Å²) in [5.41, 5.74) is 0. The molecule has 0 N–H and O–H groups in total. The van der Waals surface area contributed by atoms with E-state index < -0.39 is 6.10 Å². The van der Waals surface area contributed by atoms with Crippen molar-refractivity contribution in [2.75, 3.05) is 13.2 Å². The fourth-order valence-corrected chi connectivity index (χ4v) is 8.46. The predicted octanol–water partition coefficient (Wildman–Crippen LogP) is 20.9. The topological polar surface area (TPSA) is 78.9 Å². The number of unbranched alkanes of at least 4 members (excludes halogenated alkanes) is 28. The van der Waals surface area contributed by atoms with E-state index in [0.717, 1.165) is 83.5 Å². The molecule has 0 spiro atoms. The highest BCUT2D eigenvalue weighted by atomic mass is 16.6. The number of carbonyl (C=O) groups excluding carboxylic acids is 3. The largest absolute Gasteiger partial charge is 0.462 e. The molecule has 0 aromatic rings. The van der Waals surface area contributed by atoms with Crippen LogP contribution in [0.3, 0.4) is 0 Å². The molecular weight excluding hydrogens is 901 g/mol. The van der Waals surface area contributed by atoms with E-state index in [1.165, 1.54) is 161 Å². The highest BCUT2D eigenvalue weighted by Crippen LogP contribution is 2.16. The maximum atomic E-state index is 12.9. The van der Waals surface area contributed by atoms with Gasteiger partial charge in [-0.05, 0) is 109 Å². The van der Waals surface area contributed by atoms with E-state index in [2.05, 4.69) is 112 Å². The predicted molar refractivity (Wildman–Crippen MR) is 316 cm³/mol. The SMILES string of the molecule is CC/C=C\C/C=C\C/C=C\C/C=C\CCC(=O)OCC(COC(=O)CCCCCCCCCCCCCCC/C=C\C/C=C\CCCCCCC)OC(=O)CCCCCCCCC/C=C\C/C=C\CCCCC. The second-order valence-electron chi connectivity index (χ2n) is 20.2. The standard InChI is InChI=1S/C67H114O6/c1-4-7-10-13-16-19-22-25-27-29-30-31-32-33-34-35-36-38-39-42-45-48-51-54-57-60-66(69)72-63-64(62-71-65(68)59-56-53-50-47-44-41-24-21-18-15-12-9-6-3)73-67(70)61-58-55-52-49-46-43-40-37-28-26-23-20-17-14-11-8-5-2/h9,12,17-18,20-22,25-26,28-30,41,44,50,53,64H,4-8,10-11,13-16,19,23-24,27,31-40,42-43,45-49,51-52,54-63H2,1-3H3/b12-9-,20-17-,21-18-,25-22-,28-26-,30-29-,44-41-,53-50-. The number of hydrogen-bond donors (Lipinski definition) is 0. The van der Waals surface area contributed by atoms with Crippen LogP contribution in [-0.4, -0.2) is 37.2 Å². The van der Waals surface area contributed by atoms with Crippen LogP contribution in [0.15, 0.2) is 97.2 Å². The molecule has 6 heteroatoms. The lowest BCUT2D eigenvalue weighted by atomic mass is 10.0. The second kappa shape index (κ2) is 60.9. The third kappa shape index (κ3) is 59.1. The van der Waals surface area contributed by atoms with Gasteiger partial charge in [0, 0.05) is 19.3 Å². The van der Waals surface area contributed by atoms with Crippen LogP contribution in [0.25, 0.3) is 0 Å². The molecule has 0 bridgehead atoms. The number of allylic oxidation sites excluding steroid dienone is 16. The summed E-state index contributed by atoms with van der Waals surface area (Å²) in [7, 11) is 0. The molecular formula is C67H114O6. The van der Waals surface area contributed by atoms with Gasteiger partial charge in [0.2, 0.25) is 0 Å². The van der Waals surface area contributed by atoms with Gasteiger partial charge in [0.05, 0.1) is 0 Å². The Morgan fingerprint density at radius 3 is 0.945 bits per heavy atom. The van der Waals surface area contributed by atoms with Crippen LogP contribution < -0.4 is 0 Å². The van der Waals surface area contributed by atoms with Crippen LogP contribution in [0.2, 0.25) is 0 Å². The zero-order valence-corrected chi connectivity index (χ0v) is 47.9. The van der Waals surface area contributed by atoms with Gasteiger partial charge in [-0.2, -0.15) is 0 Å². The molecule has 0 aliphatic rings. The van der Waals surface area contributed by atoms with Crippen molar-refractivity contribution < 1.29 is 28.6 Å². The van der Waals surface area contributed by atoms with Crippen LogP contribution in [0.4, 0.5) is 0 Å². The molecule has 0 aromatic carbocycles. The first-order valence-electron chi connectivity index (χ1n) is 30.7. The number of rotatable bonds is 55. The Kier molecular flexibility index (Phi) is 57.8. The van der Waals surface area contributed by atoms with Gasteiger partial charge < -0.3 is 14.2 Å². The molecule has 6 nitrogen and oxygen atoms in total. The van der Waals surface area contributed by atoms with Crippen LogP contribution in [-0.2, 0) is 28.6 Å². The minimum atomic E-state index is -0.812. The Bertz CT molecular complexity index is 1440. The van der Waals surface area contributed by atoms with Crippen LogP contribution in [0.1, 0.15) is 290 Å². The third-order valence-corrected chi connectivity index (χ3v) is 13.1. The van der Waals surface area contributed by atoms with Crippen molar-refractivity contribution >= 4 is 17.9 Å². The zero-order valence-electron chi connectivity index (χ0n) is 47.9. The Labute approximate surface area is 451 Å². The smallest absolute Gasteiger partial charge is 0.306 e. The van der Waals surface area contributed by atoms with Gasteiger partial charge in [-0.1, -0.05) is 259 Å². The number of carbonyl (C=O) groups is 3. The van der Waals surface area contributed by atoms with Crippen molar-refractivity contribution in [3.8, 4) is 0 Å². The van der Waals surface area contributed by atoms with Gasteiger partial charge in [0.1, 0.15) is 13.2 Å². The number of hydrogen-bond acceptors (Lipinski definition) is 6. The monoisotopic (exact) mass is 1010 g/mol. The summed E-state index contributed by atoms with van der Waals surface area (Å²) < 4.78 is 16.8. The van der Waals surface area contributed by atoms with Crippen molar-refractivity contribution in [1.29, 1.82) is 0 Å². The summed E-state index contributed by atoms with van der Waals surface area (Å²) in [6, 6.07) is 0. The maximum Gasteiger partial charge on any atom is 0.306 e. The Morgan fingerprint density at radius 1 is 0.288 bits per heavy atom. The molecule has 0 fully saturated rings. The summed E-state index contributed by atoms with van der Waals surface area (Å²) in [6.45, 7) is 6.43. The summed E-state index contributed by atoms with van der Waals surface area (Å²) in [5.74, 6) is -0.991. The quantitative estimate of drug-likeness (QED) is 0.0261. The van der Waals surface area contributed by atoms with E-state index in [1.54, 1.807) is 0 Å². The molecule has 0 radical (unpaired) electrons. The lowest BCUT2D eigenvalue weighted by molar-refractivity contribution is -0.166. The second-order valence-corrected chi connectivity index (χ2v) is 20.2. The van der Waals surface area contributed by atoms with Crippen LogP contribution >= 0.6 is 0 Å². The van der Waals surface area contributed by atoms with Gasteiger partial charge in [0.15, 0.2) is 6.10 Å². The van der Waals surface area contributed by atoms with Crippen LogP contribution in [0.5, 0.6) is 0 Å². The number of esters is 3. The number of ether oxygens (including phenoxy) is 3. The Morgan fingerprint density at radius 2 is 0.562 bits per heavy atom. The highest BCUT2D eigenvalue weighted by molar-refractivity contribution is 5.71. The summed E-state index contributed by atoms with van der Waals surface area (Å²) in [6.07, 6.45) is 81.4. The first kappa shape index (κ1) is 69.3. The highest BCUT2D eigenvalue weighted by Gasteiger charge is 2.19. The minimum absolute atomic E-state index is 0.103.